The van der Waals surface area contributed by atoms with Crippen LogP contribution in [0.15, 0.2) is 110 Å². The van der Waals surface area contributed by atoms with Gasteiger partial charge in [-0.2, -0.15) is 0 Å². The Morgan fingerprint density at radius 3 is 2.25 bits per heavy atom. The molecule has 0 atom stereocenters. The van der Waals surface area contributed by atoms with Crippen molar-refractivity contribution in [1.29, 1.82) is 0 Å². The predicted molar refractivity (Wildman–Crippen MR) is 156 cm³/mol. The molecule has 0 spiro atoms. The number of nitrogens with zero attached hydrogens (tertiary/aromatic N) is 3. The predicted octanol–water partition coefficient (Wildman–Crippen LogP) is 6.58. The number of carbonyl (C=O) groups excluding carboxylic acids is 1. The summed E-state index contributed by atoms with van der Waals surface area (Å²) in [6, 6.07) is 26.8. The lowest BCUT2D eigenvalue weighted by atomic mass is 10.1. The van der Waals surface area contributed by atoms with Crippen molar-refractivity contribution in [2.24, 2.45) is 0 Å². The highest BCUT2D eigenvalue weighted by molar-refractivity contribution is 9.10. The molecule has 0 saturated carbocycles. The minimum Gasteiger partial charge on any atom is -0.444 e. The van der Waals surface area contributed by atoms with Gasteiger partial charge in [-0.15, -0.1) is 0 Å². The lowest BCUT2D eigenvalue weighted by molar-refractivity contribution is 0.0994. The Bertz CT molecular complexity index is 1980. The third-order valence-electron chi connectivity index (χ3n) is 6.60. The molecule has 0 fully saturated rings. The fraction of sp³-hybridized carbons (Fsp3) is 0.100. The molecule has 10 heteroatoms. The second-order valence-electron chi connectivity index (χ2n) is 9.32. The third-order valence-corrected chi connectivity index (χ3v) is 8.85. The van der Waals surface area contributed by atoms with Gasteiger partial charge in [0.15, 0.2) is 16.1 Å². The summed E-state index contributed by atoms with van der Waals surface area (Å²) < 4.78 is 36.1. The molecule has 40 heavy (non-hydrogen) atoms. The molecule has 3 aromatic heterocycles. The summed E-state index contributed by atoms with van der Waals surface area (Å²) in [4.78, 5) is 22.9. The van der Waals surface area contributed by atoms with Crippen LogP contribution >= 0.6 is 15.9 Å². The number of hydrogen-bond acceptors (Lipinski definition) is 6. The van der Waals surface area contributed by atoms with Crippen molar-refractivity contribution < 1.29 is 17.6 Å². The maximum absolute atomic E-state index is 14.3. The number of aryl methyl sites for hydroxylation is 3. The monoisotopic (exact) mass is 614 g/mol. The number of fused-ring (bicyclic) bond motifs is 2. The van der Waals surface area contributed by atoms with E-state index in [2.05, 4.69) is 21.2 Å². The highest BCUT2D eigenvalue weighted by atomic mass is 79.9. The maximum atomic E-state index is 14.3. The number of nitrogens with one attached hydrogen (secondary N) is 1. The molecule has 0 radical (unpaired) electrons. The average Bonchev–Trinajstić information content (AvgIpc) is 3.52. The molecule has 1 amide bonds. The molecule has 3 heterocycles. The molecule has 0 aliphatic rings. The molecule has 6 aromatic rings. The van der Waals surface area contributed by atoms with Crippen LogP contribution in [-0.2, 0) is 22.8 Å². The van der Waals surface area contributed by atoms with Crippen molar-refractivity contribution in [3.63, 3.8) is 0 Å². The summed E-state index contributed by atoms with van der Waals surface area (Å²) in [7, 11) is -4.14. The Labute approximate surface area is 238 Å². The first kappa shape index (κ1) is 26.0. The van der Waals surface area contributed by atoms with Crippen LogP contribution in [0.4, 0.5) is 5.82 Å². The van der Waals surface area contributed by atoms with E-state index in [0.29, 0.717) is 34.3 Å². The first-order valence-electron chi connectivity index (χ1n) is 12.5. The molecule has 0 bridgehead atoms. The van der Waals surface area contributed by atoms with E-state index in [-0.39, 0.29) is 26.9 Å². The number of amides is 1. The van der Waals surface area contributed by atoms with Gasteiger partial charge >= 0.3 is 0 Å². The second-order valence-corrected chi connectivity index (χ2v) is 12.0. The number of para-hydroxylation sites is 2. The van der Waals surface area contributed by atoms with Crippen LogP contribution in [0.25, 0.3) is 22.2 Å². The number of furan rings is 1. The smallest absolute Gasteiger partial charge is 0.292 e. The van der Waals surface area contributed by atoms with Crippen LogP contribution in [0.5, 0.6) is 0 Å². The highest BCUT2D eigenvalue weighted by Gasteiger charge is 2.33. The minimum atomic E-state index is -4.14. The van der Waals surface area contributed by atoms with Gasteiger partial charge in [-0.05, 0) is 71.2 Å². The zero-order valence-corrected chi connectivity index (χ0v) is 23.7. The zero-order valence-electron chi connectivity index (χ0n) is 21.3. The summed E-state index contributed by atoms with van der Waals surface area (Å²) in [6.07, 6.45) is 0.568. The molecule has 1 N–H and O–H groups in total. The van der Waals surface area contributed by atoms with E-state index in [9.17, 15) is 13.2 Å². The Balaban J connectivity index is 1.62. The largest absolute Gasteiger partial charge is 0.444 e. The van der Waals surface area contributed by atoms with Crippen molar-refractivity contribution in [2.45, 2.75) is 29.7 Å². The zero-order chi connectivity index (χ0) is 27.9. The molecular weight excluding hydrogens is 592 g/mol. The van der Waals surface area contributed by atoms with Gasteiger partial charge in [0.1, 0.15) is 16.2 Å². The van der Waals surface area contributed by atoms with Gasteiger partial charge in [0, 0.05) is 6.54 Å². The molecule has 0 unspecified atom stereocenters. The number of aromatic nitrogens is 3. The number of carbonyl (C=O) groups is 1. The standard InChI is InChI=1S/C30H23BrN4O4S/c1-19-11-13-21(14-12-19)40(37,38)27-26-28(33-23-10-6-5-9-22(23)32-26)35(18-17-20-7-3-2-4-8-20)29(27)34-30(36)24-15-16-25(31)39-24/h2-16H,17-18H2,1H3,(H,34,36). The lowest BCUT2D eigenvalue weighted by Gasteiger charge is -2.13. The number of anilines is 1. The van der Waals surface area contributed by atoms with E-state index in [0.717, 1.165) is 11.1 Å². The van der Waals surface area contributed by atoms with Gasteiger partial charge in [-0.1, -0.05) is 60.2 Å². The summed E-state index contributed by atoms with van der Waals surface area (Å²) in [5.41, 5.74) is 3.67. The molecule has 200 valence electrons. The second kappa shape index (κ2) is 10.4. The van der Waals surface area contributed by atoms with E-state index >= 15 is 0 Å². The van der Waals surface area contributed by atoms with Crippen LogP contribution in [0.1, 0.15) is 21.7 Å². The minimum absolute atomic E-state index is 0.0245. The third kappa shape index (κ3) is 4.80. The molecule has 3 aromatic carbocycles. The van der Waals surface area contributed by atoms with Gasteiger partial charge in [-0.3, -0.25) is 4.79 Å². The van der Waals surface area contributed by atoms with E-state index in [1.807, 2.05) is 55.5 Å². The number of rotatable bonds is 7. The number of sulfone groups is 1. The van der Waals surface area contributed by atoms with E-state index < -0.39 is 15.7 Å². The van der Waals surface area contributed by atoms with E-state index in [1.165, 1.54) is 6.07 Å². The summed E-state index contributed by atoms with van der Waals surface area (Å²) in [5, 5.41) is 2.83. The van der Waals surface area contributed by atoms with Crippen LogP contribution in [0.3, 0.4) is 0 Å². The van der Waals surface area contributed by atoms with Crippen molar-refractivity contribution >= 4 is 59.7 Å². The Morgan fingerprint density at radius 2 is 1.57 bits per heavy atom. The molecule has 8 nitrogen and oxygen atoms in total. The highest BCUT2D eigenvalue weighted by Crippen LogP contribution is 2.37. The van der Waals surface area contributed by atoms with Crippen LogP contribution in [0, 0.1) is 6.92 Å². The molecule has 0 saturated heterocycles. The number of hydrogen-bond donors (Lipinski definition) is 1. The van der Waals surface area contributed by atoms with Crippen molar-refractivity contribution in [2.75, 3.05) is 5.32 Å². The Morgan fingerprint density at radius 1 is 0.900 bits per heavy atom. The average molecular weight is 616 g/mol. The number of halogens is 1. The van der Waals surface area contributed by atoms with Crippen LogP contribution < -0.4 is 5.32 Å². The quantitative estimate of drug-likeness (QED) is 0.218. The normalized spacial score (nSPS) is 11.8. The lowest BCUT2D eigenvalue weighted by Crippen LogP contribution is -2.18. The Hall–Kier alpha value is -4.28. The molecule has 0 aliphatic carbocycles. The fourth-order valence-electron chi connectivity index (χ4n) is 4.59. The first-order valence-corrected chi connectivity index (χ1v) is 14.8. The maximum Gasteiger partial charge on any atom is 0.292 e. The van der Waals surface area contributed by atoms with Crippen LogP contribution in [-0.4, -0.2) is 28.9 Å². The fourth-order valence-corrected chi connectivity index (χ4v) is 6.44. The molecule has 0 aliphatic heterocycles. The van der Waals surface area contributed by atoms with Crippen LogP contribution in [0.2, 0.25) is 0 Å². The SMILES string of the molecule is Cc1ccc(S(=O)(=O)c2c(NC(=O)c3ccc(Br)o3)n(CCc3ccccc3)c3nc4ccccc4nc23)cc1. The number of benzene rings is 3. The van der Waals surface area contributed by atoms with Crippen molar-refractivity contribution in [3.05, 3.63) is 113 Å². The first-order chi connectivity index (χ1) is 19.3. The van der Waals surface area contributed by atoms with E-state index in [4.69, 9.17) is 14.4 Å². The van der Waals surface area contributed by atoms with Gasteiger partial charge < -0.3 is 14.3 Å². The van der Waals surface area contributed by atoms with Gasteiger partial charge in [0.2, 0.25) is 9.84 Å². The summed E-state index contributed by atoms with van der Waals surface area (Å²) in [5.74, 6) is -0.491. The van der Waals surface area contributed by atoms with Gasteiger partial charge in [0.05, 0.1) is 15.9 Å². The van der Waals surface area contributed by atoms with Gasteiger partial charge in [0.25, 0.3) is 5.91 Å². The summed E-state index contributed by atoms with van der Waals surface area (Å²) >= 11 is 3.22. The molecule has 6 rings (SSSR count). The van der Waals surface area contributed by atoms with Gasteiger partial charge in [-0.25, -0.2) is 18.4 Å². The summed E-state index contributed by atoms with van der Waals surface area (Å²) in [6.45, 7) is 2.23. The molecular formula is C30H23BrN4O4S. The topological polar surface area (TPSA) is 107 Å². The van der Waals surface area contributed by atoms with Crippen molar-refractivity contribution in [1.82, 2.24) is 14.5 Å². The van der Waals surface area contributed by atoms with E-state index in [1.54, 1.807) is 41.0 Å². The van der Waals surface area contributed by atoms with Crippen molar-refractivity contribution in [3.8, 4) is 0 Å². The Kier molecular flexibility index (Phi) is 6.73.